The molecule has 0 aromatic heterocycles. The second kappa shape index (κ2) is 9.01. The number of hydrogen-bond donors (Lipinski definition) is 2. The SMILES string of the molecule is CCOc1ccc(O)c(C(Nc2ccc(Cl)cc2Cl)C(=O)OC(C)C)c1. The summed E-state index contributed by atoms with van der Waals surface area (Å²) in [5.74, 6) is -0.0710. The van der Waals surface area contributed by atoms with Gasteiger partial charge in [-0.05, 0) is 57.2 Å². The molecule has 7 heteroatoms. The van der Waals surface area contributed by atoms with Crippen molar-refractivity contribution in [3.63, 3.8) is 0 Å². The van der Waals surface area contributed by atoms with E-state index >= 15 is 0 Å². The third-order valence-electron chi connectivity index (χ3n) is 3.44. The van der Waals surface area contributed by atoms with E-state index in [1.807, 2.05) is 6.92 Å². The molecular formula is C19H21Cl2NO4. The van der Waals surface area contributed by atoms with Crippen LogP contribution in [0.15, 0.2) is 36.4 Å². The lowest BCUT2D eigenvalue weighted by Crippen LogP contribution is -2.26. The van der Waals surface area contributed by atoms with Crippen LogP contribution >= 0.6 is 23.2 Å². The van der Waals surface area contributed by atoms with Gasteiger partial charge < -0.3 is 19.9 Å². The molecular weight excluding hydrogens is 377 g/mol. The Labute approximate surface area is 162 Å². The van der Waals surface area contributed by atoms with Gasteiger partial charge in [-0.2, -0.15) is 0 Å². The lowest BCUT2D eigenvalue weighted by Gasteiger charge is -2.22. The summed E-state index contributed by atoms with van der Waals surface area (Å²) < 4.78 is 10.8. The molecule has 0 saturated carbocycles. The largest absolute Gasteiger partial charge is 0.508 e. The molecule has 0 amide bonds. The molecule has 26 heavy (non-hydrogen) atoms. The van der Waals surface area contributed by atoms with Gasteiger partial charge in [0.25, 0.3) is 0 Å². The quantitative estimate of drug-likeness (QED) is 0.628. The zero-order chi connectivity index (χ0) is 19.3. The summed E-state index contributed by atoms with van der Waals surface area (Å²) in [7, 11) is 0. The van der Waals surface area contributed by atoms with Gasteiger partial charge >= 0.3 is 5.97 Å². The van der Waals surface area contributed by atoms with Gasteiger partial charge in [0, 0.05) is 10.6 Å². The molecule has 0 aliphatic carbocycles. The first kappa shape index (κ1) is 20.2. The van der Waals surface area contributed by atoms with Gasteiger partial charge in [0.1, 0.15) is 11.5 Å². The summed E-state index contributed by atoms with van der Waals surface area (Å²) in [5, 5.41) is 14.1. The highest BCUT2D eigenvalue weighted by atomic mass is 35.5. The van der Waals surface area contributed by atoms with Crippen LogP contribution in [0.3, 0.4) is 0 Å². The lowest BCUT2D eigenvalue weighted by atomic mass is 10.0. The van der Waals surface area contributed by atoms with Crippen molar-refractivity contribution < 1.29 is 19.4 Å². The standard InChI is InChI=1S/C19H21Cl2NO4/c1-4-25-13-6-8-17(23)14(10-13)18(19(24)26-11(2)3)22-16-7-5-12(20)9-15(16)21/h5-11,18,22-23H,4H2,1-3H3. The van der Waals surface area contributed by atoms with Crippen LogP contribution in [0.1, 0.15) is 32.4 Å². The molecule has 1 unspecified atom stereocenters. The van der Waals surface area contributed by atoms with Crippen LogP contribution in [0.25, 0.3) is 0 Å². The van der Waals surface area contributed by atoms with Crippen LogP contribution < -0.4 is 10.1 Å². The molecule has 0 aliphatic rings. The number of halogens is 2. The summed E-state index contributed by atoms with van der Waals surface area (Å²) in [6.07, 6.45) is -0.315. The number of aromatic hydroxyl groups is 1. The van der Waals surface area contributed by atoms with Crippen LogP contribution in [-0.2, 0) is 9.53 Å². The highest BCUT2D eigenvalue weighted by Crippen LogP contribution is 2.34. The number of hydrogen-bond acceptors (Lipinski definition) is 5. The maximum Gasteiger partial charge on any atom is 0.333 e. The third-order valence-corrected chi connectivity index (χ3v) is 3.99. The van der Waals surface area contributed by atoms with E-state index in [-0.39, 0.29) is 11.9 Å². The summed E-state index contributed by atoms with van der Waals surface area (Å²) in [6.45, 7) is 5.81. The predicted molar refractivity (Wildman–Crippen MR) is 103 cm³/mol. The number of anilines is 1. The molecule has 2 aromatic carbocycles. The molecule has 5 nitrogen and oxygen atoms in total. The second-order valence-corrected chi connectivity index (χ2v) is 6.68. The molecule has 2 aromatic rings. The molecule has 0 aliphatic heterocycles. The van der Waals surface area contributed by atoms with Crippen molar-refractivity contribution in [2.75, 3.05) is 11.9 Å². The van der Waals surface area contributed by atoms with E-state index in [1.165, 1.54) is 6.07 Å². The number of ether oxygens (including phenoxy) is 2. The summed E-state index contributed by atoms with van der Waals surface area (Å²) in [5.41, 5.74) is 0.815. The first-order chi connectivity index (χ1) is 12.3. The van der Waals surface area contributed by atoms with Gasteiger partial charge in [-0.15, -0.1) is 0 Å². The van der Waals surface area contributed by atoms with Crippen molar-refractivity contribution in [1.29, 1.82) is 0 Å². The number of benzene rings is 2. The number of carbonyl (C=O) groups is 1. The number of carbonyl (C=O) groups excluding carboxylic acids is 1. The fraction of sp³-hybridized carbons (Fsp3) is 0.316. The van der Waals surface area contributed by atoms with Crippen molar-refractivity contribution in [1.82, 2.24) is 0 Å². The molecule has 2 rings (SSSR count). The monoisotopic (exact) mass is 397 g/mol. The van der Waals surface area contributed by atoms with E-state index in [2.05, 4.69) is 5.32 Å². The molecule has 0 radical (unpaired) electrons. The predicted octanol–water partition coefficient (Wildman–Crippen LogP) is 5.20. The molecule has 1 atom stereocenters. The van der Waals surface area contributed by atoms with Crippen LogP contribution in [0.2, 0.25) is 10.0 Å². The van der Waals surface area contributed by atoms with E-state index in [0.29, 0.717) is 33.7 Å². The van der Waals surface area contributed by atoms with E-state index in [4.69, 9.17) is 32.7 Å². The van der Waals surface area contributed by atoms with Gasteiger partial charge in [0.15, 0.2) is 6.04 Å². The maximum absolute atomic E-state index is 12.7. The number of phenolic OH excluding ortho intramolecular Hbond substituents is 1. The Balaban J connectivity index is 2.44. The summed E-state index contributed by atoms with van der Waals surface area (Å²) >= 11 is 12.1. The van der Waals surface area contributed by atoms with Crippen molar-refractivity contribution >= 4 is 34.9 Å². The minimum absolute atomic E-state index is 0.0586. The Kier molecular flexibility index (Phi) is 7.00. The maximum atomic E-state index is 12.7. The van der Waals surface area contributed by atoms with E-state index < -0.39 is 12.0 Å². The van der Waals surface area contributed by atoms with Crippen molar-refractivity contribution in [2.45, 2.75) is 32.9 Å². The van der Waals surface area contributed by atoms with Crippen LogP contribution in [-0.4, -0.2) is 23.8 Å². The number of rotatable bonds is 7. The van der Waals surface area contributed by atoms with Crippen LogP contribution in [0.5, 0.6) is 11.5 Å². The molecule has 0 spiro atoms. The number of nitrogens with one attached hydrogen (secondary N) is 1. The first-order valence-electron chi connectivity index (χ1n) is 8.19. The lowest BCUT2D eigenvalue weighted by molar-refractivity contribution is -0.148. The highest BCUT2D eigenvalue weighted by molar-refractivity contribution is 6.36. The second-order valence-electron chi connectivity index (χ2n) is 5.84. The Bertz CT molecular complexity index is 780. The van der Waals surface area contributed by atoms with Crippen molar-refractivity contribution in [3.8, 4) is 11.5 Å². The highest BCUT2D eigenvalue weighted by Gasteiger charge is 2.27. The van der Waals surface area contributed by atoms with Gasteiger partial charge in [0.05, 0.1) is 23.4 Å². The number of esters is 1. The van der Waals surface area contributed by atoms with Crippen molar-refractivity contribution in [3.05, 3.63) is 52.0 Å². The summed E-state index contributed by atoms with van der Waals surface area (Å²) in [6, 6.07) is 8.59. The number of phenols is 1. The minimum atomic E-state index is -0.975. The Hall–Kier alpha value is -2.11. The van der Waals surface area contributed by atoms with Crippen molar-refractivity contribution in [2.24, 2.45) is 0 Å². The van der Waals surface area contributed by atoms with Gasteiger partial charge in [-0.1, -0.05) is 23.2 Å². The van der Waals surface area contributed by atoms with Gasteiger partial charge in [0.2, 0.25) is 0 Å². The minimum Gasteiger partial charge on any atom is -0.508 e. The third kappa shape index (κ3) is 5.19. The van der Waals surface area contributed by atoms with Crippen LogP contribution in [0, 0.1) is 0 Å². The molecule has 0 fully saturated rings. The molecule has 2 N–H and O–H groups in total. The molecule has 0 bridgehead atoms. The van der Waals surface area contributed by atoms with Gasteiger partial charge in [-0.25, -0.2) is 4.79 Å². The molecule has 0 heterocycles. The zero-order valence-electron chi connectivity index (χ0n) is 14.8. The zero-order valence-corrected chi connectivity index (χ0v) is 16.3. The average molecular weight is 398 g/mol. The average Bonchev–Trinajstić information content (AvgIpc) is 2.56. The normalized spacial score (nSPS) is 11.9. The fourth-order valence-corrected chi connectivity index (χ4v) is 2.81. The van der Waals surface area contributed by atoms with Crippen LogP contribution in [0.4, 0.5) is 5.69 Å². The van der Waals surface area contributed by atoms with E-state index in [9.17, 15) is 9.90 Å². The Morgan fingerprint density at radius 1 is 1.19 bits per heavy atom. The van der Waals surface area contributed by atoms with E-state index in [0.717, 1.165) is 0 Å². The fourth-order valence-electron chi connectivity index (χ4n) is 2.35. The summed E-state index contributed by atoms with van der Waals surface area (Å²) in [4.78, 5) is 12.7. The first-order valence-corrected chi connectivity index (χ1v) is 8.95. The Morgan fingerprint density at radius 2 is 1.92 bits per heavy atom. The topological polar surface area (TPSA) is 67.8 Å². The Morgan fingerprint density at radius 3 is 2.54 bits per heavy atom. The molecule has 140 valence electrons. The molecule has 0 saturated heterocycles. The van der Waals surface area contributed by atoms with Gasteiger partial charge in [-0.3, -0.25) is 0 Å². The smallest absolute Gasteiger partial charge is 0.333 e. The van der Waals surface area contributed by atoms with E-state index in [1.54, 1.807) is 44.2 Å².